The van der Waals surface area contributed by atoms with E-state index in [2.05, 4.69) is 26.8 Å². The molecule has 4 aliphatic carbocycles. The van der Waals surface area contributed by atoms with Crippen molar-refractivity contribution < 1.29 is 14.3 Å². The Hall–Kier alpha value is -1.12. The van der Waals surface area contributed by atoms with Crippen LogP contribution in [0.2, 0.25) is 0 Å². The molecule has 28 heavy (non-hydrogen) atoms. The minimum Gasteiger partial charge on any atom is -0.466 e. The molecule has 3 heteroatoms. The van der Waals surface area contributed by atoms with Crippen LogP contribution >= 0.6 is 0 Å². The van der Waals surface area contributed by atoms with Crippen molar-refractivity contribution in [3.8, 4) is 0 Å². The first-order valence-corrected chi connectivity index (χ1v) is 11.7. The number of carbonyl (C=O) groups is 2. The van der Waals surface area contributed by atoms with Crippen molar-refractivity contribution in [1.29, 1.82) is 0 Å². The lowest BCUT2D eigenvalue weighted by atomic mass is 9.45. The lowest BCUT2D eigenvalue weighted by Crippen LogP contribution is -2.52. The summed E-state index contributed by atoms with van der Waals surface area (Å²) < 4.78 is 5.29. The minimum atomic E-state index is -0.152. The number of ketones is 1. The number of rotatable bonds is 4. The molecule has 0 aromatic rings. The van der Waals surface area contributed by atoms with E-state index >= 15 is 0 Å². The maximum absolute atomic E-state index is 12.2. The molecule has 0 spiro atoms. The lowest BCUT2D eigenvalue weighted by Gasteiger charge is -2.60. The standard InChI is InChI=1S/C25H38O3/c1-5-17-14-20-21-7-6-18(10-13-28-16(2)26)24(21,3)12-9-22(20)25(4)11-8-19(27)15-23(17)25/h15,17-18,20-22H,5-14H2,1-4H3/t17-,18-,20?,21?,22?,24?,25?/m1/s1. The van der Waals surface area contributed by atoms with Crippen LogP contribution in [-0.2, 0) is 14.3 Å². The van der Waals surface area contributed by atoms with E-state index in [9.17, 15) is 9.59 Å². The number of ether oxygens (including phenoxy) is 1. The average molecular weight is 387 g/mol. The van der Waals surface area contributed by atoms with Crippen LogP contribution in [0, 0.1) is 40.4 Å². The number of carbonyl (C=O) groups excluding carboxylic acids is 2. The van der Waals surface area contributed by atoms with E-state index in [1.54, 1.807) is 0 Å². The van der Waals surface area contributed by atoms with Crippen LogP contribution in [0.15, 0.2) is 11.6 Å². The van der Waals surface area contributed by atoms with Crippen molar-refractivity contribution in [3.63, 3.8) is 0 Å². The van der Waals surface area contributed by atoms with Gasteiger partial charge >= 0.3 is 5.97 Å². The smallest absolute Gasteiger partial charge is 0.302 e. The molecule has 0 heterocycles. The van der Waals surface area contributed by atoms with Gasteiger partial charge in [0.15, 0.2) is 5.78 Å². The Bertz CT molecular complexity index is 679. The Kier molecular flexibility index (Phi) is 5.25. The van der Waals surface area contributed by atoms with Crippen molar-refractivity contribution in [1.82, 2.24) is 0 Å². The molecule has 0 aliphatic heterocycles. The molecular weight excluding hydrogens is 348 g/mol. The maximum atomic E-state index is 12.2. The predicted molar refractivity (Wildman–Crippen MR) is 111 cm³/mol. The Morgan fingerprint density at radius 3 is 2.68 bits per heavy atom. The fraction of sp³-hybridized carbons (Fsp3) is 0.840. The van der Waals surface area contributed by atoms with Crippen molar-refractivity contribution >= 4 is 11.8 Å². The van der Waals surface area contributed by atoms with Crippen molar-refractivity contribution in [2.75, 3.05) is 6.61 Å². The summed E-state index contributed by atoms with van der Waals surface area (Å²) in [5.41, 5.74) is 2.15. The second-order valence-electron chi connectivity index (χ2n) is 10.6. The molecular formula is C25H38O3. The van der Waals surface area contributed by atoms with Gasteiger partial charge in [0.25, 0.3) is 0 Å². The molecule has 3 fully saturated rings. The highest BCUT2D eigenvalue weighted by atomic mass is 16.5. The van der Waals surface area contributed by atoms with Gasteiger partial charge in [-0.05, 0) is 97.9 Å². The number of esters is 1. The van der Waals surface area contributed by atoms with Crippen LogP contribution in [0.5, 0.6) is 0 Å². The van der Waals surface area contributed by atoms with E-state index in [-0.39, 0.29) is 11.4 Å². The molecule has 0 amide bonds. The van der Waals surface area contributed by atoms with Crippen LogP contribution in [0.25, 0.3) is 0 Å². The van der Waals surface area contributed by atoms with Crippen molar-refractivity contribution in [3.05, 3.63) is 11.6 Å². The highest BCUT2D eigenvalue weighted by Crippen LogP contribution is 2.68. The number of fused-ring (bicyclic) bond motifs is 5. The Morgan fingerprint density at radius 1 is 1.18 bits per heavy atom. The Balaban J connectivity index is 1.58. The molecule has 7 atom stereocenters. The van der Waals surface area contributed by atoms with Gasteiger partial charge in [-0.15, -0.1) is 0 Å². The zero-order valence-corrected chi connectivity index (χ0v) is 18.3. The fourth-order valence-corrected chi connectivity index (χ4v) is 8.10. The first kappa shape index (κ1) is 20.2. The highest BCUT2D eigenvalue weighted by molar-refractivity contribution is 5.91. The Morgan fingerprint density at radius 2 is 1.96 bits per heavy atom. The summed E-state index contributed by atoms with van der Waals surface area (Å²) in [4.78, 5) is 23.4. The topological polar surface area (TPSA) is 43.4 Å². The molecule has 5 unspecified atom stereocenters. The highest BCUT2D eigenvalue weighted by Gasteiger charge is 2.60. The van der Waals surface area contributed by atoms with E-state index < -0.39 is 0 Å². The quantitative estimate of drug-likeness (QED) is 0.580. The van der Waals surface area contributed by atoms with E-state index in [1.165, 1.54) is 44.6 Å². The second-order valence-corrected chi connectivity index (χ2v) is 10.6. The van der Waals surface area contributed by atoms with Gasteiger partial charge in [0.05, 0.1) is 6.61 Å². The largest absolute Gasteiger partial charge is 0.466 e. The van der Waals surface area contributed by atoms with E-state index in [1.807, 2.05) is 0 Å². The van der Waals surface area contributed by atoms with Crippen LogP contribution < -0.4 is 0 Å². The third kappa shape index (κ3) is 3.08. The van der Waals surface area contributed by atoms with Crippen molar-refractivity contribution in [2.24, 2.45) is 40.4 Å². The van der Waals surface area contributed by atoms with E-state index in [0.29, 0.717) is 29.6 Å². The molecule has 4 aliphatic rings. The maximum Gasteiger partial charge on any atom is 0.302 e. The molecule has 0 saturated heterocycles. The summed E-state index contributed by atoms with van der Waals surface area (Å²) in [5.74, 6) is 3.85. The molecule has 0 radical (unpaired) electrons. The summed E-state index contributed by atoms with van der Waals surface area (Å²) in [7, 11) is 0. The molecule has 0 bridgehead atoms. The normalized spacial score (nSPS) is 44.9. The lowest BCUT2D eigenvalue weighted by molar-refractivity contribution is -0.141. The number of hydrogen-bond donors (Lipinski definition) is 0. The van der Waals surface area contributed by atoms with E-state index in [4.69, 9.17) is 4.74 Å². The SMILES string of the molecule is CC[C@@H]1CC2C(CCC3(C)C2CC[C@@H]3CCOC(C)=O)C2(C)CCC(=O)C=C12. The molecule has 0 N–H and O–H groups in total. The van der Waals surface area contributed by atoms with Crippen LogP contribution in [0.3, 0.4) is 0 Å². The van der Waals surface area contributed by atoms with Gasteiger partial charge in [0.2, 0.25) is 0 Å². The molecule has 0 aromatic heterocycles. The van der Waals surface area contributed by atoms with Crippen LogP contribution in [0.1, 0.15) is 85.5 Å². The monoisotopic (exact) mass is 386 g/mol. The molecule has 156 valence electrons. The Labute approximate surface area is 170 Å². The zero-order chi connectivity index (χ0) is 20.1. The first-order valence-electron chi connectivity index (χ1n) is 11.7. The molecule has 0 aromatic carbocycles. The number of allylic oxidation sites excluding steroid dienone is 1. The van der Waals surface area contributed by atoms with Crippen LogP contribution in [0.4, 0.5) is 0 Å². The summed E-state index contributed by atoms with van der Waals surface area (Å²) in [6, 6.07) is 0. The van der Waals surface area contributed by atoms with Gasteiger partial charge in [-0.25, -0.2) is 0 Å². The van der Waals surface area contributed by atoms with Gasteiger partial charge < -0.3 is 4.74 Å². The first-order chi connectivity index (χ1) is 13.3. The van der Waals surface area contributed by atoms with Gasteiger partial charge in [-0.1, -0.05) is 26.3 Å². The second kappa shape index (κ2) is 7.29. The van der Waals surface area contributed by atoms with Crippen LogP contribution in [-0.4, -0.2) is 18.4 Å². The fourth-order valence-electron chi connectivity index (χ4n) is 8.10. The minimum absolute atomic E-state index is 0.152. The van der Waals surface area contributed by atoms with E-state index in [0.717, 1.165) is 43.4 Å². The number of hydrogen-bond acceptors (Lipinski definition) is 3. The van der Waals surface area contributed by atoms with Gasteiger partial charge in [0, 0.05) is 13.3 Å². The predicted octanol–water partition coefficient (Wildman–Crippen LogP) is 5.72. The average Bonchev–Trinajstić information content (AvgIpc) is 2.98. The van der Waals surface area contributed by atoms with Gasteiger partial charge in [-0.2, -0.15) is 0 Å². The summed E-state index contributed by atoms with van der Waals surface area (Å²) in [6.45, 7) is 9.43. The molecule has 3 saturated carbocycles. The third-order valence-corrected chi connectivity index (χ3v) is 9.58. The van der Waals surface area contributed by atoms with Gasteiger partial charge in [-0.3, -0.25) is 9.59 Å². The van der Waals surface area contributed by atoms with Gasteiger partial charge in [0.1, 0.15) is 0 Å². The zero-order valence-electron chi connectivity index (χ0n) is 18.3. The summed E-state index contributed by atoms with van der Waals surface area (Å²) >= 11 is 0. The third-order valence-electron chi connectivity index (χ3n) is 9.58. The molecule has 4 rings (SSSR count). The molecule has 3 nitrogen and oxygen atoms in total. The van der Waals surface area contributed by atoms with Crippen molar-refractivity contribution in [2.45, 2.75) is 85.5 Å². The summed E-state index contributed by atoms with van der Waals surface area (Å²) in [6.07, 6.45) is 12.6. The summed E-state index contributed by atoms with van der Waals surface area (Å²) in [5, 5.41) is 0.